The van der Waals surface area contributed by atoms with Gasteiger partial charge in [-0.25, -0.2) is 0 Å². The van der Waals surface area contributed by atoms with Gasteiger partial charge in [0, 0.05) is 6.07 Å². The standard InChI is InChI=1S/C13H9ClFNO2/c14-13(9-4-2-1-3-5-9)10-6-7-11(15)12(8-10)16(17)18/h1-8,13H. The maximum Gasteiger partial charge on any atom is 0.305 e. The minimum Gasteiger partial charge on any atom is -0.258 e. The highest BCUT2D eigenvalue weighted by Gasteiger charge is 2.18. The number of hydrogen-bond donors (Lipinski definition) is 0. The normalized spacial score (nSPS) is 12.1. The molecule has 0 aliphatic carbocycles. The highest BCUT2D eigenvalue weighted by atomic mass is 35.5. The number of nitro groups is 1. The molecule has 0 aromatic heterocycles. The van der Waals surface area contributed by atoms with E-state index in [1.54, 1.807) is 0 Å². The van der Waals surface area contributed by atoms with Crippen molar-refractivity contribution in [2.45, 2.75) is 5.38 Å². The average molecular weight is 266 g/mol. The van der Waals surface area contributed by atoms with E-state index in [2.05, 4.69) is 0 Å². The van der Waals surface area contributed by atoms with Crippen molar-refractivity contribution in [3.8, 4) is 0 Å². The van der Waals surface area contributed by atoms with E-state index in [0.29, 0.717) is 5.56 Å². The van der Waals surface area contributed by atoms with Crippen molar-refractivity contribution < 1.29 is 9.31 Å². The first-order valence-corrected chi connectivity index (χ1v) is 5.66. The predicted molar refractivity (Wildman–Crippen MR) is 67.2 cm³/mol. The van der Waals surface area contributed by atoms with E-state index >= 15 is 0 Å². The van der Waals surface area contributed by atoms with Crippen LogP contribution in [0.5, 0.6) is 0 Å². The Bertz CT molecular complexity index is 574. The molecule has 0 heterocycles. The van der Waals surface area contributed by atoms with Crippen LogP contribution in [0, 0.1) is 15.9 Å². The summed E-state index contributed by atoms with van der Waals surface area (Å²) in [6.45, 7) is 0. The molecule has 0 spiro atoms. The largest absolute Gasteiger partial charge is 0.305 e. The van der Waals surface area contributed by atoms with Crippen LogP contribution in [0.4, 0.5) is 10.1 Å². The molecule has 5 heteroatoms. The van der Waals surface area contributed by atoms with Gasteiger partial charge in [0.2, 0.25) is 5.82 Å². The number of nitro benzene ring substituents is 1. The van der Waals surface area contributed by atoms with Crippen molar-refractivity contribution in [2.24, 2.45) is 0 Å². The van der Waals surface area contributed by atoms with Gasteiger partial charge in [0.15, 0.2) is 0 Å². The van der Waals surface area contributed by atoms with Crippen LogP contribution >= 0.6 is 11.6 Å². The molecule has 0 amide bonds. The summed E-state index contributed by atoms with van der Waals surface area (Å²) in [4.78, 5) is 9.90. The van der Waals surface area contributed by atoms with Crippen LogP contribution in [0.2, 0.25) is 0 Å². The summed E-state index contributed by atoms with van der Waals surface area (Å²) in [5.74, 6) is -0.860. The molecule has 92 valence electrons. The Morgan fingerprint density at radius 3 is 2.39 bits per heavy atom. The molecule has 0 saturated heterocycles. The van der Waals surface area contributed by atoms with E-state index in [4.69, 9.17) is 11.6 Å². The number of halogens is 2. The lowest BCUT2D eigenvalue weighted by Gasteiger charge is -2.10. The Morgan fingerprint density at radius 2 is 1.78 bits per heavy atom. The first-order chi connectivity index (χ1) is 8.59. The lowest BCUT2D eigenvalue weighted by Crippen LogP contribution is -1.97. The van der Waals surface area contributed by atoms with Crippen molar-refractivity contribution in [3.63, 3.8) is 0 Å². The number of rotatable bonds is 3. The molecule has 18 heavy (non-hydrogen) atoms. The van der Waals surface area contributed by atoms with Gasteiger partial charge in [-0.3, -0.25) is 10.1 Å². The molecular formula is C13H9ClFNO2. The Labute approximate surface area is 108 Å². The van der Waals surface area contributed by atoms with Crippen molar-refractivity contribution in [1.29, 1.82) is 0 Å². The highest BCUT2D eigenvalue weighted by molar-refractivity contribution is 6.22. The van der Waals surface area contributed by atoms with E-state index in [9.17, 15) is 14.5 Å². The van der Waals surface area contributed by atoms with Gasteiger partial charge in [0.1, 0.15) is 0 Å². The lowest BCUT2D eigenvalue weighted by atomic mass is 10.0. The fraction of sp³-hybridized carbons (Fsp3) is 0.0769. The molecule has 0 fully saturated rings. The summed E-state index contributed by atoms with van der Waals surface area (Å²) < 4.78 is 13.2. The Hall–Kier alpha value is -1.94. The maximum absolute atomic E-state index is 13.2. The average Bonchev–Trinajstić information content (AvgIpc) is 2.39. The van der Waals surface area contributed by atoms with E-state index < -0.39 is 21.8 Å². The predicted octanol–water partition coefficient (Wildman–Crippen LogP) is 4.06. The molecule has 3 nitrogen and oxygen atoms in total. The van der Waals surface area contributed by atoms with E-state index in [-0.39, 0.29) is 0 Å². The molecule has 0 aliphatic heterocycles. The van der Waals surface area contributed by atoms with Gasteiger partial charge in [-0.2, -0.15) is 4.39 Å². The first-order valence-electron chi connectivity index (χ1n) is 5.22. The highest BCUT2D eigenvalue weighted by Crippen LogP contribution is 2.31. The molecule has 0 saturated carbocycles. The number of benzene rings is 2. The molecule has 0 radical (unpaired) electrons. The minimum absolute atomic E-state index is 0.496. The zero-order valence-electron chi connectivity index (χ0n) is 9.22. The van der Waals surface area contributed by atoms with E-state index in [1.807, 2.05) is 30.3 Å². The maximum atomic E-state index is 13.2. The summed E-state index contributed by atoms with van der Waals surface area (Å²) in [5, 5.41) is 10.1. The van der Waals surface area contributed by atoms with Crippen LogP contribution in [0.15, 0.2) is 48.5 Å². The third-order valence-electron chi connectivity index (χ3n) is 2.55. The summed E-state index contributed by atoms with van der Waals surface area (Å²) in [7, 11) is 0. The van der Waals surface area contributed by atoms with Gasteiger partial charge >= 0.3 is 5.69 Å². The number of nitrogens with zero attached hydrogens (tertiary/aromatic N) is 1. The molecule has 2 rings (SSSR count). The summed E-state index contributed by atoms with van der Waals surface area (Å²) >= 11 is 6.22. The molecule has 1 atom stereocenters. The Balaban J connectivity index is 2.40. The second-order valence-electron chi connectivity index (χ2n) is 3.74. The van der Waals surface area contributed by atoms with Crippen LogP contribution in [0.3, 0.4) is 0 Å². The fourth-order valence-corrected chi connectivity index (χ4v) is 1.92. The van der Waals surface area contributed by atoms with Gasteiger partial charge in [0.05, 0.1) is 10.3 Å². The summed E-state index contributed by atoms with van der Waals surface area (Å²) in [6, 6.07) is 12.8. The summed E-state index contributed by atoms with van der Waals surface area (Å²) in [6.07, 6.45) is 0. The second kappa shape index (κ2) is 5.14. The van der Waals surface area contributed by atoms with Crippen LogP contribution in [-0.4, -0.2) is 4.92 Å². The van der Waals surface area contributed by atoms with Crippen molar-refractivity contribution in [1.82, 2.24) is 0 Å². The quantitative estimate of drug-likeness (QED) is 0.477. The van der Waals surface area contributed by atoms with Gasteiger partial charge in [-0.05, 0) is 17.2 Å². The van der Waals surface area contributed by atoms with Crippen molar-refractivity contribution >= 4 is 17.3 Å². The third kappa shape index (κ3) is 2.49. The topological polar surface area (TPSA) is 43.1 Å². The van der Waals surface area contributed by atoms with Crippen molar-refractivity contribution in [3.05, 3.63) is 75.6 Å². The van der Waals surface area contributed by atoms with Gasteiger partial charge in [-0.1, -0.05) is 36.4 Å². The second-order valence-corrected chi connectivity index (χ2v) is 4.18. The zero-order valence-corrected chi connectivity index (χ0v) is 9.97. The van der Waals surface area contributed by atoms with Crippen LogP contribution in [0.25, 0.3) is 0 Å². The van der Waals surface area contributed by atoms with Gasteiger partial charge < -0.3 is 0 Å². The van der Waals surface area contributed by atoms with Gasteiger partial charge in [0.25, 0.3) is 0 Å². The van der Waals surface area contributed by atoms with E-state index in [0.717, 1.165) is 11.6 Å². The molecule has 2 aromatic carbocycles. The van der Waals surface area contributed by atoms with Crippen LogP contribution in [-0.2, 0) is 0 Å². The Kier molecular flexibility index (Phi) is 3.58. The lowest BCUT2D eigenvalue weighted by molar-refractivity contribution is -0.387. The molecule has 2 aromatic rings. The smallest absolute Gasteiger partial charge is 0.258 e. The molecule has 0 N–H and O–H groups in total. The first kappa shape index (κ1) is 12.5. The van der Waals surface area contributed by atoms with Crippen molar-refractivity contribution in [2.75, 3.05) is 0 Å². The van der Waals surface area contributed by atoms with Crippen LogP contribution < -0.4 is 0 Å². The number of hydrogen-bond acceptors (Lipinski definition) is 2. The molecule has 0 bridgehead atoms. The molecular weight excluding hydrogens is 257 g/mol. The minimum atomic E-state index is -0.860. The monoisotopic (exact) mass is 265 g/mol. The van der Waals surface area contributed by atoms with Gasteiger partial charge in [-0.15, -0.1) is 11.6 Å². The molecule has 0 aliphatic rings. The number of alkyl halides is 1. The molecule has 1 unspecified atom stereocenters. The Morgan fingerprint density at radius 1 is 1.11 bits per heavy atom. The summed E-state index contributed by atoms with van der Waals surface area (Å²) in [5.41, 5.74) is 0.741. The fourth-order valence-electron chi connectivity index (χ4n) is 1.64. The zero-order chi connectivity index (χ0) is 13.1. The van der Waals surface area contributed by atoms with Crippen LogP contribution in [0.1, 0.15) is 16.5 Å². The van der Waals surface area contributed by atoms with E-state index in [1.165, 1.54) is 12.1 Å². The SMILES string of the molecule is O=[N+]([O-])c1cc(C(Cl)c2ccccc2)ccc1F. The third-order valence-corrected chi connectivity index (χ3v) is 3.06.